The van der Waals surface area contributed by atoms with E-state index in [0.717, 1.165) is 25.9 Å². The van der Waals surface area contributed by atoms with Gasteiger partial charge in [-0.25, -0.2) is 0 Å². The van der Waals surface area contributed by atoms with Crippen molar-refractivity contribution in [3.63, 3.8) is 0 Å². The topological polar surface area (TPSA) is 38.9 Å². The second-order valence-electron chi connectivity index (χ2n) is 4.90. The molecule has 0 spiro atoms. The standard InChI is InChI=1S/C14H14ClIN2/c15-11-6-9(16)5-10-12(17)7-13(18-14(10)11)8-3-1-2-4-8/h5-8H,1-4H2,(H2,17,18). The number of nitrogens with zero attached hydrogens (tertiary/aromatic N) is 1. The molecule has 1 aliphatic rings. The molecule has 4 heteroatoms. The first-order valence-electron chi connectivity index (χ1n) is 6.20. The van der Waals surface area contributed by atoms with E-state index < -0.39 is 0 Å². The zero-order chi connectivity index (χ0) is 12.7. The Hall–Kier alpha value is -0.550. The van der Waals surface area contributed by atoms with Gasteiger partial charge >= 0.3 is 0 Å². The predicted octanol–water partition coefficient (Wildman–Crippen LogP) is 4.73. The minimum atomic E-state index is 0.562. The average Bonchev–Trinajstić information content (AvgIpc) is 2.83. The van der Waals surface area contributed by atoms with Crippen molar-refractivity contribution in [2.75, 3.05) is 5.73 Å². The molecule has 0 amide bonds. The molecule has 2 N–H and O–H groups in total. The molecule has 1 fully saturated rings. The number of aromatic nitrogens is 1. The van der Waals surface area contributed by atoms with Crippen molar-refractivity contribution in [1.29, 1.82) is 0 Å². The highest BCUT2D eigenvalue weighted by Crippen LogP contribution is 2.37. The van der Waals surface area contributed by atoms with Gasteiger partial charge in [0.2, 0.25) is 0 Å². The van der Waals surface area contributed by atoms with E-state index in [2.05, 4.69) is 22.6 Å². The van der Waals surface area contributed by atoms with Crippen LogP contribution in [-0.2, 0) is 0 Å². The quantitative estimate of drug-likeness (QED) is 0.735. The van der Waals surface area contributed by atoms with Crippen LogP contribution >= 0.6 is 34.2 Å². The number of hydrogen-bond donors (Lipinski definition) is 1. The minimum absolute atomic E-state index is 0.562. The Morgan fingerprint density at radius 1 is 1.22 bits per heavy atom. The van der Waals surface area contributed by atoms with Crippen LogP contribution in [-0.4, -0.2) is 4.98 Å². The number of nitrogen functional groups attached to an aromatic ring is 1. The van der Waals surface area contributed by atoms with Gasteiger partial charge in [0.1, 0.15) is 0 Å². The van der Waals surface area contributed by atoms with Crippen molar-refractivity contribution in [3.05, 3.63) is 32.5 Å². The third-order valence-electron chi connectivity index (χ3n) is 3.66. The van der Waals surface area contributed by atoms with Crippen molar-refractivity contribution in [2.24, 2.45) is 0 Å². The maximum atomic E-state index is 6.29. The van der Waals surface area contributed by atoms with Gasteiger partial charge < -0.3 is 5.73 Å². The van der Waals surface area contributed by atoms with Crippen molar-refractivity contribution in [2.45, 2.75) is 31.6 Å². The zero-order valence-electron chi connectivity index (χ0n) is 9.92. The minimum Gasteiger partial charge on any atom is -0.398 e. The van der Waals surface area contributed by atoms with Crippen LogP contribution in [0.5, 0.6) is 0 Å². The second kappa shape index (κ2) is 4.85. The fourth-order valence-corrected chi connectivity index (χ4v) is 3.80. The lowest BCUT2D eigenvalue weighted by atomic mass is 10.0. The third kappa shape index (κ3) is 2.18. The molecule has 1 aliphatic carbocycles. The van der Waals surface area contributed by atoms with Gasteiger partial charge in [-0.3, -0.25) is 4.98 Å². The van der Waals surface area contributed by atoms with E-state index >= 15 is 0 Å². The summed E-state index contributed by atoms with van der Waals surface area (Å²) in [6, 6.07) is 6.02. The molecule has 94 valence electrons. The summed E-state index contributed by atoms with van der Waals surface area (Å²) in [5.41, 5.74) is 8.91. The van der Waals surface area contributed by atoms with Gasteiger partial charge in [0, 0.05) is 26.3 Å². The second-order valence-corrected chi connectivity index (χ2v) is 6.55. The summed E-state index contributed by atoms with van der Waals surface area (Å²) in [5.74, 6) is 0.562. The van der Waals surface area contributed by atoms with Crippen LogP contribution in [0.4, 0.5) is 5.69 Å². The molecule has 1 heterocycles. The number of nitrogens with two attached hydrogens (primary N) is 1. The number of fused-ring (bicyclic) bond motifs is 1. The number of pyridine rings is 1. The lowest BCUT2D eigenvalue weighted by Gasteiger charge is -2.12. The molecule has 18 heavy (non-hydrogen) atoms. The van der Waals surface area contributed by atoms with Gasteiger partial charge in [-0.05, 0) is 53.6 Å². The van der Waals surface area contributed by atoms with Crippen molar-refractivity contribution >= 4 is 50.8 Å². The molecule has 0 bridgehead atoms. The van der Waals surface area contributed by atoms with Gasteiger partial charge in [-0.15, -0.1) is 0 Å². The molecule has 2 aromatic rings. The van der Waals surface area contributed by atoms with Crippen molar-refractivity contribution < 1.29 is 0 Å². The summed E-state index contributed by atoms with van der Waals surface area (Å²) < 4.78 is 1.09. The highest BCUT2D eigenvalue weighted by atomic mass is 127. The normalized spacial score (nSPS) is 16.6. The first-order chi connectivity index (χ1) is 8.65. The molecular formula is C14H14ClIN2. The van der Waals surface area contributed by atoms with E-state index in [0.29, 0.717) is 10.9 Å². The zero-order valence-corrected chi connectivity index (χ0v) is 12.8. The Kier molecular flexibility index (Phi) is 3.36. The predicted molar refractivity (Wildman–Crippen MR) is 85.1 cm³/mol. The van der Waals surface area contributed by atoms with Crippen LogP contribution in [0.15, 0.2) is 18.2 Å². The molecule has 0 atom stereocenters. The largest absolute Gasteiger partial charge is 0.398 e. The van der Waals surface area contributed by atoms with E-state index in [9.17, 15) is 0 Å². The van der Waals surface area contributed by atoms with E-state index in [1.54, 1.807) is 0 Å². The Balaban J connectivity index is 2.20. The molecule has 1 aromatic carbocycles. The molecule has 1 aromatic heterocycles. The Bertz CT molecular complexity index is 606. The van der Waals surface area contributed by atoms with Gasteiger partial charge in [0.15, 0.2) is 0 Å². The van der Waals surface area contributed by atoms with Crippen LogP contribution in [0.1, 0.15) is 37.3 Å². The highest BCUT2D eigenvalue weighted by molar-refractivity contribution is 14.1. The Labute approximate surface area is 125 Å². The van der Waals surface area contributed by atoms with E-state index in [1.165, 1.54) is 25.7 Å². The van der Waals surface area contributed by atoms with Gasteiger partial charge in [0.05, 0.1) is 10.5 Å². The van der Waals surface area contributed by atoms with Gasteiger partial charge in [-0.2, -0.15) is 0 Å². The average molecular weight is 373 g/mol. The van der Waals surface area contributed by atoms with Crippen LogP contribution in [0.2, 0.25) is 5.02 Å². The van der Waals surface area contributed by atoms with Crippen LogP contribution in [0.25, 0.3) is 10.9 Å². The van der Waals surface area contributed by atoms with E-state index in [1.807, 2.05) is 18.2 Å². The molecule has 0 radical (unpaired) electrons. The van der Waals surface area contributed by atoms with Gasteiger partial charge in [-0.1, -0.05) is 24.4 Å². The van der Waals surface area contributed by atoms with Crippen molar-refractivity contribution in [1.82, 2.24) is 4.98 Å². The fourth-order valence-electron chi connectivity index (χ4n) is 2.73. The molecule has 1 saturated carbocycles. The highest BCUT2D eigenvalue weighted by Gasteiger charge is 2.20. The number of halogens is 2. The number of hydrogen-bond acceptors (Lipinski definition) is 2. The van der Waals surface area contributed by atoms with Crippen molar-refractivity contribution in [3.8, 4) is 0 Å². The van der Waals surface area contributed by atoms with Gasteiger partial charge in [0.25, 0.3) is 0 Å². The summed E-state index contributed by atoms with van der Waals surface area (Å²) in [6.07, 6.45) is 5.04. The fraction of sp³-hybridized carbons (Fsp3) is 0.357. The molecule has 3 rings (SSSR count). The summed E-state index contributed by atoms with van der Waals surface area (Å²) in [7, 11) is 0. The molecule has 2 nitrogen and oxygen atoms in total. The first kappa shape index (κ1) is 12.5. The summed E-state index contributed by atoms with van der Waals surface area (Å²) in [4.78, 5) is 4.74. The summed E-state index contributed by atoms with van der Waals surface area (Å²) >= 11 is 8.54. The van der Waals surface area contributed by atoms with E-state index in [4.69, 9.17) is 22.3 Å². The Morgan fingerprint density at radius 2 is 1.94 bits per heavy atom. The lowest BCUT2D eigenvalue weighted by Crippen LogP contribution is -2.00. The number of benzene rings is 1. The monoisotopic (exact) mass is 372 g/mol. The van der Waals surface area contributed by atoms with Crippen LogP contribution < -0.4 is 5.73 Å². The van der Waals surface area contributed by atoms with E-state index in [-0.39, 0.29) is 0 Å². The molecule has 0 saturated heterocycles. The molecular weight excluding hydrogens is 359 g/mol. The SMILES string of the molecule is Nc1cc(C2CCCC2)nc2c(Cl)cc(I)cc12. The molecule has 0 unspecified atom stereocenters. The lowest BCUT2D eigenvalue weighted by molar-refractivity contribution is 0.701. The maximum Gasteiger partial charge on any atom is 0.0912 e. The van der Waals surface area contributed by atoms with Crippen LogP contribution in [0, 0.1) is 3.57 Å². The smallest absolute Gasteiger partial charge is 0.0912 e. The molecule has 0 aliphatic heterocycles. The maximum absolute atomic E-state index is 6.29. The first-order valence-corrected chi connectivity index (χ1v) is 7.66. The summed E-state index contributed by atoms with van der Waals surface area (Å²) in [6.45, 7) is 0. The van der Waals surface area contributed by atoms with Crippen LogP contribution in [0.3, 0.4) is 0 Å². The Morgan fingerprint density at radius 3 is 2.67 bits per heavy atom. The third-order valence-corrected chi connectivity index (χ3v) is 4.57. The summed E-state index contributed by atoms with van der Waals surface area (Å²) in [5, 5.41) is 1.66. The number of anilines is 1. The number of rotatable bonds is 1.